The number of aryl methyl sites for hydroxylation is 1. The molecule has 0 aliphatic heterocycles. The number of aromatic nitrogens is 3. The third-order valence-corrected chi connectivity index (χ3v) is 3.98. The minimum absolute atomic E-state index is 0.150. The summed E-state index contributed by atoms with van der Waals surface area (Å²) in [6.45, 7) is 3.25. The van der Waals surface area contributed by atoms with Gasteiger partial charge in [-0.1, -0.05) is 0 Å². The number of hydrogen-bond acceptors (Lipinski definition) is 3. The van der Waals surface area contributed by atoms with Gasteiger partial charge in [-0.05, 0) is 49.7 Å². The summed E-state index contributed by atoms with van der Waals surface area (Å²) in [6, 6.07) is 6.03. The molecule has 27 heavy (non-hydrogen) atoms. The van der Waals surface area contributed by atoms with E-state index in [4.69, 9.17) is 0 Å². The Morgan fingerprint density at radius 3 is 2.44 bits per heavy atom. The molecule has 2 heterocycles. The Kier molecular flexibility index (Phi) is 4.69. The maximum atomic E-state index is 13.2. The molecule has 1 N–H and O–H groups in total. The fourth-order valence-electron chi connectivity index (χ4n) is 2.50. The van der Waals surface area contributed by atoms with Gasteiger partial charge in [-0.3, -0.25) is 4.79 Å². The average Bonchev–Trinajstić information content (AvgIpc) is 2.98. The molecule has 0 aliphatic carbocycles. The Bertz CT molecular complexity index is 994. The topological polar surface area (TPSA) is 59.8 Å². The molecule has 0 bridgehead atoms. The van der Waals surface area contributed by atoms with E-state index in [0.717, 1.165) is 6.07 Å². The number of alkyl halides is 3. The number of anilines is 1. The van der Waals surface area contributed by atoms with Crippen molar-refractivity contribution in [2.45, 2.75) is 20.0 Å². The first-order chi connectivity index (χ1) is 12.7. The molecule has 2 aromatic heterocycles. The second-order valence-electron chi connectivity index (χ2n) is 5.87. The van der Waals surface area contributed by atoms with Crippen LogP contribution >= 0.6 is 0 Å². The first-order valence-electron chi connectivity index (χ1n) is 7.82. The molecule has 5 nitrogen and oxygen atoms in total. The minimum Gasteiger partial charge on any atom is -0.322 e. The van der Waals surface area contributed by atoms with Gasteiger partial charge in [0.2, 0.25) is 0 Å². The molecule has 9 heteroatoms. The lowest BCUT2D eigenvalue weighted by Gasteiger charge is -2.09. The van der Waals surface area contributed by atoms with E-state index in [1.54, 1.807) is 13.8 Å². The molecule has 140 valence electrons. The van der Waals surface area contributed by atoms with E-state index >= 15 is 0 Å². The van der Waals surface area contributed by atoms with E-state index in [1.807, 2.05) is 0 Å². The molecule has 3 rings (SSSR count). The van der Waals surface area contributed by atoms with E-state index in [2.05, 4.69) is 15.4 Å². The molecular formula is C18H14F4N4O. The van der Waals surface area contributed by atoms with E-state index in [9.17, 15) is 22.4 Å². The van der Waals surface area contributed by atoms with Crippen LogP contribution in [-0.4, -0.2) is 20.7 Å². The lowest BCUT2D eigenvalue weighted by molar-refractivity contribution is -0.137. The standard InChI is InChI=1S/C18H14F4N4O/c1-10-7-13(19)4-5-15(10)25-17(27)14-9-24-26(11(14)2)16-6-3-12(8-23-16)18(20,21)22/h3-9H,1-2H3,(H,25,27). The van der Waals surface area contributed by atoms with Crippen molar-refractivity contribution in [3.05, 3.63) is 70.9 Å². The van der Waals surface area contributed by atoms with Gasteiger partial charge in [-0.2, -0.15) is 18.3 Å². The Labute approximate surface area is 151 Å². The van der Waals surface area contributed by atoms with Crippen LogP contribution in [0.3, 0.4) is 0 Å². The molecule has 0 unspecified atom stereocenters. The first kappa shape index (κ1) is 18.6. The summed E-state index contributed by atoms with van der Waals surface area (Å²) >= 11 is 0. The van der Waals surface area contributed by atoms with Crippen LogP contribution in [0, 0.1) is 19.7 Å². The maximum absolute atomic E-state index is 13.2. The third kappa shape index (κ3) is 3.81. The number of nitrogens with zero attached hydrogens (tertiary/aromatic N) is 3. The predicted octanol–water partition coefficient (Wildman–Crippen LogP) is 4.29. The highest BCUT2D eigenvalue weighted by molar-refractivity contribution is 6.05. The lowest BCUT2D eigenvalue weighted by Crippen LogP contribution is -2.14. The predicted molar refractivity (Wildman–Crippen MR) is 90.2 cm³/mol. The van der Waals surface area contributed by atoms with Gasteiger partial charge in [0.15, 0.2) is 5.82 Å². The fraction of sp³-hybridized carbons (Fsp3) is 0.167. The molecule has 1 aromatic carbocycles. The normalized spacial score (nSPS) is 11.5. The van der Waals surface area contributed by atoms with Crippen LogP contribution < -0.4 is 5.32 Å². The van der Waals surface area contributed by atoms with Crippen molar-refractivity contribution in [3.63, 3.8) is 0 Å². The number of halogens is 4. The lowest BCUT2D eigenvalue weighted by atomic mass is 10.1. The average molecular weight is 378 g/mol. The Balaban J connectivity index is 1.85. The van der Waals surface area contributed by atoms with Gasteiger partial charge in [0, 0.05) is 11.9 Å². The zero-order valence-electron chi connectivity index (χ0n) is 14.3. The number of benzene rings is 1. The summed E-state index contributed by atoms with van der Waals surface area (Å²) in [6.07, 6.45) is -2.48. The third-order valence-electron chi connectivity index (χ3n) is 3.98. The van der Waals surface area contributed by atoms with Crippen LogP contribution in [0.2, 0.25) is 0 Å². The van der Waals surface area contributed by atoms with Gasteiger partial charge in [0.25, 0.3) is 5.91 Å². The number of carbonyl (C=O) groups excluding carboxylic acids is 1. The first-order valence-corrected chi connectivity index (χ1v) is 7.82. The largest absolute Gasteiger partial charge is 0.417 e. The second-order valence-corrected chi connectivity index (χ2v) is 5.87. The van der Waals surface area contributed by atoms with Crippen molar-refractivity contribution in [2.75, 3.05) is 5.32 Å². The zero-order valence-corrected chi connectivity index (χ0v) is 14.3. The highest BCUT2D eigenvalue weighted by Crippen LogP contribution is 2.29. The van der Waals surface area contributed by atoms with Crippen molar-refractivity contribution >= 4 is 11.6 Å². The Morgan fingerprint density at radius 2 is 1.85 bits per heavy atom. The van der Waals surface area contributed by atoms with Crippen molar-refractivity contribution < 1.29 is 22.4 Å². The fourth-order valence-corrected chi connectivity index (χ4v) is 2.50. The quantitative estimate of drug-likeness (QED) is 0.692. The summed E-state index contributed by atoms with van der Waals surface area (Å²) in [4.78, 5) is 16.2. The van der Waals surface area contributed by atoms with Gasteiger partial charge in [-0.15, -0.1) is 0 Å². The number of carbonyl (C=O) groups is 1. The van der Waals surface area contributed by atoms with Crippen LogP contribution in [0.4, 0.5) is 23.2 Å². The highest BCUT2D eigenvalue weighted by Gasteiger charge is 2.30. The smallest absolute Gasteiger partial charge is 0.322 e. The summed E-state index contributed by atoms with van der Waals surface area (Å²) < 4.78 is 52.3. The summed E-state index contributed by atoms with van der Waals surface area (Å²) in [5.41, 5.74) is 0.750. The molecule has 0 atom stereocenters. The summed E-state index contributed by atoms with van der Waals surface area (Å²) in [5.74, 6) is -0.735. The van der Waals surface area contributed by atoms with Crippen LogP contribution in [-0.2, 0) is 6.18 Å². The van der Waals surface area contributed by atoms with Gasteiger partial charge in [0.05, 0.1) is 23.0 Å². The van der Waals surface area contributed by atoms with Crippen molar-refractivity contribution in [3.8, 4) is 5.82 Å². The minimum atomic E-state index is -4.48. The summed E-state index contributed by atoms with van der Waals surface area (Å²) in [7, 11) is 0. The molecule has 0 radical (unpaired) electrons. The molecule has 0 aliphatic rings. The van der Waals surface area contributed by atoms with Crippen molar-refractivity contribution in [1.29, 1.82) is 0 Å². The molecular weight excluding hydrogens is 364 g/mol. The van der Waals surface area contributed by atoms with E-state index in [0.29, 0.717) is 23.1 Å². The molecule has 0 saturated heterocycles. The van der Waals surface area contributed by atoms with Crippen molar-refractivity contribution in [1.82, 2.24) is 14.8 Å². The Hall–Kier alpha value is -3.23. The van der Waals surface area contributed by atoms with Crippen LogP contribution in [0.15, 0.2) is 42.7 Å². The number of amides is 1. The summed E-state index contributed by atoms with van der Waals surface area (Å²) in [5, 5.41) is 6.69. The van der Waals surface area contributed by atoms with E-state index in [-0.39, 0.29) is 11.4 Å². The number of pyridine rings is 1. The van der Waals surface area contributed by atoms with Gasteiger partial charge >= 0.3 is 6.18 Å². The number of hydrogen-bond donors (Lipinski definition) is 1. The molecule has 0 spiro atoms. The van der Waals surface area contributed by atoms with E-state index in [1.165, 1.54) is 35.1 Å². The number of nitrogens with one attached hydrogen (secondary N) is 1. The molecule has 3 aromatic rings. The monoisotopic (exact) mass is 378 g/mol. The van der Waals surface area contributed by atoms with Gasteiger partial charge < -0.3 is 5.32 Å². The van der Waals surface area contributed by atoms with Crippen LogP contribution in [0.5, 0.6) is 0 Å². The van der Waals surface area contributed by atoms with Crippen LogP contribution in [0.1, 0.15) is 27.2 Å². The van der Waals surface area contributed by atoms with E-state index < -0.39 is 23.5 Å². The SMILES string of the molecule is Cc1cc(F)ccc1NC(=O)c1cnn(-c2ccc(C(F)(F)F)cn2)c1C. The molecule has 0 fully saturated rings. The Morgan fingerprint density at radius 1 is 1.11 bits per heavy atom. The molecule has 1 amide bonds. The molecule has 0 saturated carbocycles. The van der Waals surface area contributed by atoms with Crippen LogP contribution in [0.25, 0.3) is 5.82 Å². The highest BCUT2D eigenvalue weighted by atomic mass is 19.4. The van der Waals surface area contributed by atoms with Gasteiger partial charge in [-0.25, -0.2) is 14.1 Å². The maximum Gasteiger partial charge on any atom is 0.417 e. The zero-order chi connectivity index (χ0) is 19.8. The van der Waals surface area contributed by atoms with Gasteiger partial charge in [0.1, 0.15) is 5.82 Å². The van der Waals surface area contributed by atoms with Crippen molar-refractivity contribution in [2.24, 2.45) is 0 Å². The number of rotatable bonds is 3. The second kappa shape index (κ2) is 6.82.